The van der Waals surface area contributed by atoms with Crippen molar-refractivity contribution >= 4 is 76.9 Å². The van der Waals surface area contributed by atoms with Crippen LogP contribution in [0.1, 0.15) is 0 Å². The van der Waals surface area contributed by atoms with Crippen LogP contribution in [0.4, 0.5) is 34.1 Å². The number of hydrogen-bond acceptors (Lipinski definition) is 5. The highest BCUT2D eigenvalue weighted by Gasteiger charge is 2.22. The topological polar surface area (TPSA) is 41.1 Å². The SMILES string of the molecule is c1ccc(-c2c(-c3cccc(N(c4ccccc4)c4ccc5c(c4)sc4cc(N(c6ccccc6)c6cccc(-c7nc8ccccn8c7-c7ccccc7)c6)ccc45)c3)nc3ccccn23)cc1. The van der Waals surface area contributed by atoms with Gasteiger partial charge in [-0.15, -0.1) is 11.3 Å². The molecule has 0 spiro atoms. The van der Waals surface area contributed by atoms with Gasteiger partial charge in [0.1, 0.15) is 11.3 Å². The van der Waals surface area contributed by atoms with E-state index in [1.807, 2.05) is 23.5 Å². The Bertz CT molecular complexity index is 3710. The minimum absolute atomic E-state index is 0.913. The average molecular weight is 903 g/mol. The number of rotatable bonds is 10. The van der Waals surface area contributed by atoms with Crippen molar-refractivity contribution in [1.29, 1.82) is 0 Å². The van der Waals surface area contributed by atoms with Crippen LogP contribution in [0.25, 0.3) is 76.5 Å². The van der Waals surface area contributed by atoms with E-state index in [2.05, 4.69) is 262 Å². The number of anilines is 6. The Labute approximate surface area is 403 Å². The summed E-state index contributed by atoms with van der Waals surface area (Å²) in [4.78, 5) is 15.1. The molecular formula is C62H42N6S. The van der Waals surface area contributed by atoms with Crippen LogP contribution in [0.3, 0.4) is 0 Å². The number of thiophene rings is 1. The van der Waals surface area contributed by atoms with Gasteiger partial charge in [-0.25, -0.2) is 9.97 Å². The zero-order valence-electron chi connectivity index (χ0n) is 37.3. The maximum Gasteiger partial charge on any atom is 0.137 e. The van der Waals surface area contributed by atoms with Gasteiger partial charge < -0.3 is 9.80 Å². The summed E-state index contributed by atoms with van der Waals surface area (Å²) in [6.07, 6.45) is 4.19. The molecule has 0 aliphatic rings. The molecule has 8 aromatic carbocycles. The molecule has 5 heterocycles. The van der Waals surface area contributed by atoms with Gasteiger partial charge in [0.2, 0.25) is 0 Å². The lowest BCUT2D eigenvalue weighted by Gasteiger charge is -2.26. The van der Waals surface area contributed by atoms with E-state index >= 15 is 0 Å². The summed E-state index contributed by atoms with van der Waals surface area (Å²) < 4.78 is 6.82. The first kappa shape index (κ1) is 40.3. The highest BCUT2D eigenvalue weighted by molar-refractivity contribution is 7.25. The standard InChI is InChI=1S/C62H42N6S/c1-5-19-43(20-6-1)61-59(63-57-31-13-15-37-65(57)61)45-23-17-29-49(39-45)67(47-25-9-3-10-26-47)51-33-35-53-54-36-34-52(42-56(54)69-55(53)41-51)68(48-27-11-4-12-28-48)50-30-18-24-46(40-50)60-62(44-21-7-2-8-22-44)66-38-16-14-32-58(66)64-60/h1-42H. The molecule has 0 aliphatic carbocycles. The Balaban J connectivity index is 0.907. The van der Waals surface area contributed by atoms with Crippen molar-refractivity contribution in [3.63, 3.8) is 0 Å². The number of fused-ring (bicyclic) bond motifs is 5. The van der Waals surface area contributed by atoms with Crippen LogP contribution >= 0.6 is 11.3 Å². The van der Waals surface area contributed by atoms with Gasteiger partial charge in [0, 0.05) is 88.9 Å². The highest BCUT2D eigenvalue weighted by atomic mass is 32.1. The Morgan fingerprint density at radius 1 is 0.304 bits per heavy atom. The fourth-order valence-corrected chi connectivity index (χ4v) is 11.0. The predicted octanol–water partition coefficient (Wildman–Crippen LogP) is 17.0. The molecule has 326 valence electrons. The second-order valence-electron chi connectivity index (χ2n) is 17.1. The van der Waals surface area contributed by atoms with Crippen LogP contribution in [-0.4, -0.2) is 18.8 Å². The number of benzene rings is 8. The number of pyridine rings is 2. The third kappa shape index (κ3) is 7.20. The number of imidazole rings is 2. The molecule has 0 fully saturated rings. The summed E-state index contributed by atoms with van der Waals surface area (Å²) in [7, 11) is 0. The van der Waals surface area contributed by atoms with Gasteiger partial charge in [-0.2, -0.15) is 0 Å². The molecule has 13 aromatic rings. The van der Waals surface area contributed by atoms with Crippen LogP contribution in [0.2, 0.25) is 0 Å². The van der Waals surface area contributed by atoms with Crippen LogP contribution in [0, 0.1) is 0 Å². The molecule has 0 atom stereocenters. The lowest BCUT2D eigenvalue weighted by molar-refractivity contribution is 1.19. The van der Waals surface area contributed by atoms with Crippen LogP contribution < -0.4 is 9.80 Å². The number of para-hydroxylation sites is 2. The molecule has 0 unspecified atom stereocenters. The van der Waals surface area contributed by atoms with Crippen molar-refractivity contribution in [2.45, 2.75) is 0 Å². The van der Waals surface area contributed by atoms with E-state index in [0.717, 1.165) is 90.4 Å². The van der Waals surface area contributed by atoms with E-state index in [0.29, 0.717) is 0 Å². The number of hydrogen-bond donors (Lipinski definition) is 0. The zero-order chi connectivity index (χ0) is 45.7. The molecule has 69 heavy (non-hydrogen) atoms. The summed E-state index contributed by atoms with van der Waals surface area (Å²) in [6, 6.07) is 86.1. The fourth-order valence-electron chi connectivity index (χ4n) is 9.80. The van der Waals surface area contributed by atoms with Gasteiger partial charge in [0.15, 0.2) is 0 Å². The number of nitrogens with zero attached hydrogens (tertiary/aromatic N) is 6. The molecule has 0 amide bonds. The molecule has 0 N–H and O–H groups in total. The molecule has 0 aliphatic heterocycles. The number of aromatic nitrogens is 4. The minimum Gasteiger partial charge on any atom is -0.310 e. The van der Waals surface area contributed by atoms with E-state index < -0.39 is 0 Å². The largest absolute Gasteiger partial charge is 0.310 e. The molecule has 6 nitrogen and oxygen atoms in total. The minimum atomic E-state index is 0.913. The van der Waals surface area contributed by atoms with E-state index in [4.69, 9.17) is 9.97 Å². The van der Waals surface area contributed by atoms with Crippen molar-refractivity contribution in [2.24, 2.45) is 0 Å². The smallest absolute Gasteiger partial charge is 0.137 e. The molecule has 0 radical (unpaired) electrons. The third-order valence-corrected chi connectivity index (χ3v) is 14.0. The molecule has 5 aromatic heterocycles. The Morgan fingerprint density at radius 3 is 1.10 bits per heavy atom. The maximum atomic E-state index is 5.21. The third-order valence-electron chi connectivity index (χ3n) is 12.9. The summed E-state index contributed by atoms with van der Waals surface area (Å²) in [5, 5.41) is 2.47. The normalized spacial score (nSPS) is 11.5. The lowest BCUT2D eigenvalue weighted by Crippen LogP contribution is -2.09. The molecular weight excluding hydrogens is 861 g/mol. The van der Waals surface area contributed by atoms with E-state index in [1.165, 1.54) is 20.2 Å². The van der Waals surface area contributed by atoms with Crippen molar-refractivity contribution in [2.75, 3.05) is 9.80 Å². The van der Waals surface area contributed by atoms with Crippen LogP contribution in [0.5, 0.6) is 0 Å². The second-order valence-corrected chi connectivity index (χ2v) is 18.2. The van der Waals surface area contributed by atoms with Gasteiger partial charge >= 0.3 is 0 Å². The van der Waals surface area contributed by atoms with Gasteiger partial charge in [0.25, 0.3) is 0 Å². The first-order valence-corrected chi connectivity index (χ1v) is 24.0. The van der Waals surface area contributed by atoms with Gasteiger partial charge in [-0.3, -0.25) is 8.80 Å². The van der Waals surface area contributed by atoms with Crippen molar-refractivity contribution in [3.05, 3.63) is 255 Å². The van der Waals surface area contributed by atoms with Gasteiger partial charge in [-0.05, 0) is 97.1 Å². The van der Waals surface area contributed by atoms with Crippen LogP contribution in [0.15, 0.2) is 255 Å². The maximum absolute atomic E-state index is 5.21. The lowest BCUT2D eigenvalue weighted by atomic mass is 10.0. The first-order valence-electron chi connectivity index (χ1n) is 23.1. The fraction of sp³-hybridized carbons (Fsp3) is 0. The molecule has 0 bridgehead atoms. The Morgan fingerprint density at radius 2 is 0.667 bits per heavy atom. The Kier molecular flexibility index (Phi) is 9.91. The Hall–Kier alpha value is -9.04. The summed E-state index contributed by atoms with van der Waals surface area (Å²) in [5.74, 6) is 0. The highest BCUT2D eigenvalue weighted by Crippen LogP contribution is 2.45. The zero-order valence-corrected chi connectivity index (χ0v) is 38.2. The first-order chi connectivity index (χ1) is 34.2. The monoisotopic (exact) mass is 902 g/mol. The van der Waals surface area contributed by atoms with Gasteiger partial charge in [0.05, 0.1) is 22.8 Å². The van der Waals surface area contributed by atoms with Crippen molar-refractivity contribution < 1.29 is 0 Å². The molecule has 0 saturated heterocycles. The molecule has 0 saturated carbocycles. The van der Waals surface area contributed by atoms with Gasteiger partial charge in [-0.1, -0.05) is 146 Å². The van der Waals surface area contributed by atoms with E-state index in [9.17, 15) is 0 Å². The molecule has 13 rings (SSSR count). The van der Waals surface area contributed by atoms with E-state index in [1.54, 1.807) is 0 Å². The quantitative estimate of drug-likeness (QED) is 0.137. The van der Waals surface area contributed by atoms with Crippen LogP contribution in [-0.2, 0) is 0 Å². The summed E-state index contributed by atoms with van der Waals surface area (Å²) in [5.41, 5.74) is 16.6. The van der Waals surface area contributed by atoms with Crippen molar-refractivity contribution in [1.82, 2.24) is 18.8 Å². The summed E-state index contributed by atoms with van der Waals surface area (Å²) in [6.45, 7) is 0. The average Bonchev–Trinajstić information content (AvgIpc) is 4.12. The summed E-state index contributed by atoms with van der Waals surface area (Å²) >= 11 is 1.83. The predicted molar refractivity (Wildman–Crippen MR) is 288 cm³/mol. The second kappa shape index (κ2) is 17.0. The van der Waals surface area contributed by atoms with E-state index in [-0.39, 0.29) is 0 Å². The molecule has 7 heteroatoms. The van der Waals surface area contributed by atoms with Crippen molar-refractivity contribution in [3.8, 4) is 45.0 Å².